The predicted octanol–water partition coefficient (Wildman–Crippen LogP) is 8.12. The van der Waals surface area contributed by atoms with E-state index >= 15 is 0 Å². The predicted molar refractivity (Wildman–Crippen MR) is 128 cm³/mol. The first-order valence-corrected chi connectivity index (χ1v) is 10.9. The van der Waals surface area contributed by atoms with Gasteiger partial charge in [0, 0.05) is 21.9 Å². The maximum atomic E-state index is 6.42. The van der Waals surface area contributed by atoms with Crippen molar-refractivity contribution in [2.24, 2.45) is 4.99 Å². The smallest absolute Gasteiger partial charge is 0.133 e. The Morgan fingerprint density at radius 1 is 0.742 bits per heavy atom. The van der Waals surface area contributed by atoms with Gasteiger partial charge in [-0.15, -0.1) is 0 Å². The molecular formula is C28H22ClNO. The average molecular weight is 424 g/mol. The Morgan fingerprint density at radius 2 is 1.45 bits per heavy atom. The molecule has 2 nitrogen and oxygen atoms in total. The van der Waals surface area contributed by atoms with Gasteiger partial charge in [-0.05, 0) is 48.2 Å². The molecule has 1 aliphatic rings. The van der Waals surface area contributed by atoms with E-state index in [2.05, 4.69) is 42.5 Å². The molecule has 0 saturated heterocycles. The molecular weight excluding hydrogens is 402 g/mol. The molecule has 0 radical (unpaired) electrons. The summed E-state index contributed by atoms with van der Waals surface area (Å²) < 4.78 is 6.35. The minimum absolute atomic E-state index is 0.0507. The van der Waals surface area contributed by atoms with Gasteiger partial charge in [-0.2, -0.15) is 0 Å². The minimum Gasteiger partial charge on any atom is -0.457 e. The van der Waals surface area contributed by atoms with E-state index in [0.717, 1.165) is 51.8 Å². The molecule has 1 aliphatic heterocycles. The number of aliphatic imine (C=N–C) groups is 1. The number of rotatable bonds is 5. The van der Waals surface area contributed by atoms with Crippen LogP contribution in [0.4, 0.5) is 0 Å². The van der Waals surface area contributed by atoms with Crippen molar-refractivity contribution in [1.29, 1.82) is 0 Å². The van der Waals surface area contributed by atoms with Crippen molar-refractivity contribution in [1.82, 2.24) is 0 Å². The monoisotopic (exact) mass is 423 g/mol. The van der Waals surface area contributed by atoms with Gasteiger partial charge in [0.05, 0.1) is 6.04 Å². The van der Waals surface area contributed by atoms with Crippen LogP contribution < -0.4 is 4.74 Å². The van der Waals surface area contributed by atoms with Crippen molar-refractivity contribution in [3.05, 3.63) is 119 Å². The Bertz CT molecular complexity index is 1220. The van der Waals surface area contributed by atoms with Gasteiger partial charge in [0.1, 0.15) is 11.5 Å². The largest absolute Gasteiger partial charge is 0.457 e. The fourth-order valence-electron chi connectivity index (χ4n) is 4.04. The van der Waals surface area contributed by atoms with E-state index in [9.17, 15) is 0 Å². The summed E-state index contributed by atoms with van der Waals surface area (Å²) in [6.45, 7) is 0. The zero-order chi connectivity index (χ0) is 21.0. The Kier molecular flexibility index (Phi) is 5.56. The maximum absolute atomic E-state index is 6.42. The van der Waals surface area contributed by atoms with Crippen LogP contribution in [0.2, 0.25) is 5.02 Å². The molecule has 0 bridgehead atoms. The highest BCUT2D eigenvalue weighted by Crippen LogP contribution is 2.40. The summed E-state index contributed by atoms with van der Waals surface area (Å²) in [4.78, 5) is 5.05. The van der Waals surface area contributed by atoms with E-state index < -0.39 is 0 Å². The Hall–Kier alpha value is -3.36. The Morgan fingerprint density at radius 3 is 2.23 bits per heavy atom. The van der Waals surface area contributed by atoms with Gasteiger partial charge >= 0.3 is 0 Å². The van der Waals surface area contributed by atoms with Crippen LogP contribution in [0.1, 0.15) is 30.0 Å². The van der Waals surface area contributed by atoms with Crippen LogP contribution in [0.5, 0.6) is 11.5 Å². The first-order chi connectivity index (χ1) is 15.3. The van der Waals surface area contributed by atoms with Gasteiger partial charge in [0.25, 0.3) is 0 Å². The molecule has 0 amide bonds. The zero-order valence-corrected chi connectivity index (χ0v) is 17.8. The van der Waals surface area contributed by atoms with Crippen LogP contribution in [0, 0.1) is 0 Å². The number of ether oxygens (including phenoxy) is 1. The third-order valence-electron chi connectivity index (χ3n) is 5.60. The maximum Gasteiger partial charge on any atom is 0.133 e. The lowest BCUT2D eigenvalue weighted by Crippen LogP contribution is -1.97. The van der Waals surface area contributed by atoms with Crippen LogP contribution >= 0.6 is 11.6 Å². The number of benzene rings is 4. The molecule has 1 atom stereocenters. The lowest BCUT2D eigenvalue weighted by Gasteiger charge is -2.16. The molecule has 0 fully saturated rings. The van der Waals surface area contributed by atoms with Crippen LogP contribution in [-0.2, 0) is 0 Å². The zero-order valence-electron chi connectivity index (χ0n) is 17.0. The SMILES string of the molecule is Clc1ccccc1C1=NC(c2ccc(-c3ccccc3)cc2Oc2ccccc2)CC1. The second-order valence-corrected chi connectivity index (χ2v) is 8.05. The molecule has 3 heteroatoms. The van der Waals surface area contributed by atoms with Crippen molar-refractivity contribution < 1.29 is 4.74 Å². The van der Waals surface area contributed by atoms with Gasteiger partial charge in [-0.25, -0.2) is 0 Å². The van der Waals surface area contributed by atoms with Gasteiger partial charge in [-0.3, -0.25) is 4.99 Å². The molecule has 5 rings (SSSR count). The molecule has 4 aromatic carbocycles. The summed E-state index contributed by atoms with van der Waals surface area (Å²) in [5.74, 6) is 1.67. The summed E-state index contributed by atoms with van der Waals surface area (Å²) in [7, 11) is 0. The van der Waals surface area contributed by atoms with Crippen LogP contribution in [0.3, 0.4) is 0 Å². The first kappa shape index (κ1) is 19.6. The average Bonchev–Trinajstić information content (AvgIpc) is 3.30. The molecule has 31 heavy (non-hydrogen) atoms. The fourth-order valence-corrected chi connectivity index (χ4v) is 4.28. The summed E-state index contributed by atoms with van der Waals surface area (Å²) >= 11 is 6.42. The molecule has 1 heterocycles. The Balaban J connectivity index is 1.54. The highest BCUT2D eigenvalue weighted by Gasteiger charge is 2.24. The van der Waals surface area contributed by atoms with Gasteiger partial charge in [0.2, 0.25) is 0 Å². The molecule has 0 N–H and O–H groups in total. The van der Waals surface area contributed by atoms with Crippen molar-refractivity contribution in [3.63, 3.8) is 0 Å². The quantitative estimate of drug-likeness (QED) is 0.317. The molecule has 0 spiro atoms. The lowest BCUT2D eigenvalue weighted by atomic mass is 9.98. The van der Waals surface area contributed by atoms with Crippen molar-refractivity contribution in [2.45, 2.75) is 18.9 Å². The van der Waals surface area contributed by atoms with E-state index in [-0.39, 0.29) is 6.04 Å². The topological polar surface area (TPSA) is 21.6 Å². The van der Waals surface area contributed by atoms with Crippen LogP contribution in [0.15, 0.2) is 108 Å². The van der Waals surface area contributed by atoms with E-state index in [4.69, 9.17) is 21.3 Å². The van der Waals surface area contributed by atoms with E-state index in [1.165, 1.54) is 5.56 Å². The fraction of sp³-hybridized carbons (Fsp3) is 0.107. The minimum atomic E-state index is 0.0507. The second kappa shape index (κ2) is 8.79. The molecule has 0 aliphatic carbocycles. The standard InChI is InChI=1S/C28H22ClNO/c29-25-14-8-7-13-23(25)26-17-18-27(30-26)24-16-15-21(20-9-3-1-4-10-20)19-28(24)31-22-11-5-2-6-12-22/h1-16,19,27H,17-18H2. The van der Waals surface area contributed by atoms with Crippen LogP contribution in [-0.4, -0.2) is 5.71 Å². The number of nitrogens with zero attached hydrogens (tertiary/aromatic N) is 1. The number of halogens is 1. The van der Waals surface area contributed by atoms with Crippen molar-refractivity contribution >= 4 is 17.3 Å². The van der Waals surface area contributed by atoms with Gasteiger partial charge < -0.3 is 4.74 Å². The number of hydrogen-bond donors (Lipinski definition) is 0. The molecule has 1 unspecified atom stereocenters. The molecule has 152 valence electrons. The van der Waals surface area contributed by atoms with Crippen molar-refractivity contribution in [3.8, 4) is 22.6 Å². The normalized spacial score (nSPS) is 15.5. The summed E-state index contributed by atoms with van der Waals surface area (Å²) in [6.07, 6.45) is 1.84. The van der Waals surface area contributed by atoms with Gasteiger partial charge in [0.15, 0.2) is 0 Å². The lowest BCUT2D eigenvalue weighted by molar-refractivity contribution is 0.470. The number of para-hydroxylation sites is 1. The highest BCUT2D eigenvalue weighted by molar-refractivity contribution is 6.34. The molecule has 4 aromatic rings. The number of hydrogen-bond acceptors (Lipinski definition) is 2. The highest BCUT2D eigenvalue weighted by atomic mass is 35.5. The molecule has 0 saturated carbocycles. The Labute approximate surface area is 187 Å². The summed E-state index contributed by atoms with van der Waals surface area (Å²) in [6, 6.07) is 34.7. The van der Waals surface area contributed by atoms with Gasteiger partial charge in [-0.1, -0.05) is 90.5 Å². The summed E-state index contributed by atoms with van der Waals surface area (Å²) in [5, 5.41) is 0.752. The third kappa shape index (κ3) is 4.26. The van der Waals surface area contributed by atoms with E-state index in [1.807, 2.05) is 60.7 Å². The van der Waals surface area contributed by atoms with Crippen LogP contribution in [0.25, 0.3) is 11.1 Å². The van der Waals surface area contributed by atoms with Crippen molar-refractivity contribution in [2.75, 3.05) is 0 Å². The van der Waals surface area contributed by atoms with E-state index in [0.29, 0.717) is 0 Å². The third-order valence-corrected chi connectivity index (χ3v) is 5.93. The second-order valence-electron chi connectivity index (χ2n) is 7.64. The van der Waals surface area contributed by atoms with E-state index in [1.54, 1.807) is 0 Å². The molecule has 0 aromatic heterocycles. The first-order valence-electron chi connectivity index (χ1n) is 10.5. The summed E-state index contributed by atoms with van der Waals surface area (Å²) in [5.41, 5.74) is 5.49.